The van der Waals surface area contributed by atoms with Crippen molar-refractivity contribution < 1.29 is 4.74 Å². The Morgan fingerprint density at radius 1 is 1.19 bits per heavy atom. The lowest BCUT2D eigenvalue weighted by Gasteiger charge is -2.23. The molecular formula is C16H20N2O3. The van der Waals surface area contributed by atoms with E-state index in [1.807, 2.05) is 19.1 Å². The maximum absolute atomic E-state index is 11.9. The van der Waals surface area contributed by atoms with Gasteiger partial charge < -0.3 is 4.74 Å². The van der Waals surface area contributed by atoms with E-state index in [9.17, 15) is 9.59 Å². The maximum atomic E-state index is 11.9. The van der Waals surface area contributed by atoms with Crippen molar-refractivity contribution in [1.29, 1.82) is 0 Å². The van der Waals surface area contributed by atoms with E-state index in [0.29, 0.717) is 12.3 Å². The van der Waals surface area contributed by atoms with E-state index in [1.165, 1.54) is 16.8 Å². The Labute approximate surface area is 123 Å². The zero-order valence-corrected chi connectivity index (χ0v) is 12.8. The molecule has 0 atom stereocenters. The smallest absolute Gasteiger partial charge is 0.332 e. The molecule has 0 unspecified atom stereocenters. The summed E-state index contributed by atoms with van der Waals surface area (Å²) >= 11 is 0. The van der Waals surface area contributed by atoms with Crippen LogP contribution in [0.2, 0.25) is 0 Å². The molecule has 0 aliphatic heterocycles. The Morgan fingerprint density at radius 3 is 2.48 bits per heavy atom. The third kappa shape index (κ3) is 3.24. The highest BCUT2D eigenvalue weighted by Gasteiger charge is 2.20. The molecule has 0 saturated heterocycles. The molecule has 112 valence electrons. The van der Waals surface area contributed by atoms with Gasteiger partial charge in [0.25, 0.3) is 5.56 Å². The molecule has 1 heterocycles. The van der Waals surface area contributed by atoms with Crippen LogP contribution in [0.5, 0.6) is 5.75 Å². The summed E-state index contributed by atoms with van der Waals surface area (Å²) in [4.78, 5) is 25.3. The minimum atomic E-state index is -0.452. The summed E-state index contributed by atoms with van der Waals surface area (Å²) in [6, 6.07) is 6.91. The van der Waals surface area contributed by atoms with Gasteiger partial charge in [0.2, 0.25) is 0 Å². The highest BCUT2D eigenvalue weighted by Crippen LogP contribution is 2.32. The second-order valence-corrected chi connectivity index (χ2v) is 5.84. The standard InChI is InChI=1S/C16H20N2O3/c1-5-21-13-7-6-11(10-12(13)16(2,3)4)18-9-8-14(19)17-15(18)20/h6-10H,5H2,1-4H3,(H,17,19,20). The van der Waals surface area contributed by atoms with Crippen LogP contribution in [0, 0.1) is 0 Å². The van der Waals surface area contributed by atoms with Crippen molar-refractivity contribution in [2.45, 2.75) is 33.1 Å². The lowest BCUT2D eigenvalue weighted by atomic mass is 9.86. The summed E-state index contributed by atoms with van der Waals surface area (Å²) < 4.78 is 7.07. The van der Waals surface area contributed by atoms with Crippen LogP contribution in [0.25, 0.3) is 5.69 Å². The molecule has 0 spiro atoms. The number of ether oxygens (including phenoxy) is 1. The van der Waals surface area contributed by atoms with Crippen LogP contribution in [0.3, 0.4) is 0 Å². The Balaban J connectivity index is 2.61. The van der Waals surface area contributed by atoms with E-state index >= 15 is 0 Å². The first kappa shape index (κ1) is 15.1. The predicted molar refractivity (Wildman–Crippen MR) is 82.5 cm³/mol. The van der Waals surface area contributed by atoms with Gasteiger partial charge in [0.15, 0.2) is 0 Å². The van der Waals surface area contributed by atoms with Crippen molar-refractivity contribution in [3.8, 4) is 11.4 Å². The molecular weight excluding hydrogens is 268 g/mol. The van der Waals surface area contributed by atoms with E-state index in [1.54, 1.807) is 6.07 Å². The Kier molecular flexibility index (Phi) is 4.02. The Hall–Kier alpha value is -2.30. The topological polar surface area (TPSA) is 64.1 Å². The third-order valence-corrected chi connectivity index (χ3v) is 3.17. The number of nitrogens with one attached hydrogen (secondary N) is 1. The van der Waals surface area contributed by atoms with Gasteiger partial charge in [-0.05, 0) is 30.5 Å². The van der Waals surface area contributed by atoms with E-state index in [-0.39, 0.29) is 5.41 Å². The van der Waals surface area contributed by atoms with Crippen molar-refractivity contribution in [2.24, 2.45) is 0 Å². The van der Waals surface area contributed by atoms with Gasteiger partial charge in [0, 0.05) is 17.8 Å². The van der Waals surface area contributed by atoms with Gasteiger partial charge in [-0.1, -0.05) is 20.8 Å². The summed E-state index contributed by atoms with van der Waals surface area (Å²) in [6.45, 7) is 8.78. The number of hydrogen-bond acceptors (Lipinski definition) is 3. The van der Waals surface area contributed by atoms with Crippen LogP contribution < -0.4 is 16.0 Å². The number of rotatable bonds is 3. The first-order chi connectivity index (χ1) is 9.82. The second kappa shape index (κ2) is 5.60. The SMILES string of the molecule is CCOc1ccc(-n2ccc(=O)[nH]c2=O)cc1C(C)(C)C. The van der Waals surface area contributed by atoms with Crippen LogP contribution in [-0.2, 0) is 5.41 Å². The van der Waals surface area contributed by atoms with E-state index in [4.69, 9.17) is 4.74 Å². The molecule has 0 fully saturated rings. The first-order valence-corrected chi connectivity index (χ1v) is 6.92. The van der Waals surface area contributed by atoms with Crippen LogP contribution >= 0.6 is 0 Å². The fourth-order valence-corrected chi connectivity index (χ4v) is 2.16. The number of hydrogen-bond donors (Lipinski definition) is 1. The molecule has 0 saturated carbocycles. The van der Waals surface area contributed by atoms with E-state index in [2.05, 4.69) is 25.8 Å². The number of nitrogens with zero attached hydrogens (tertiary/aromatic N) is 1. The predicted octanol–water partition coefficient (Wildman–Crippen LogP) is 2.22. The summed E-state index contributed by atoms with van der Waals surface area (Å²) in [7, 11) is 0. The van der Waals surface area contributed by atoms with Crippen molar-refractivity contribution in [3.05, 3.63) is 56.9 Å². The zero-order valence-electron chi connectivity index (χ0n) is 12.8. The molecule has 0 amide bonds. The number of aromatic nitrogens is 2. The molecule has 5 nitrogen and oxygen atoms in total. The van der Waals surface area contributed by atoms with E-state index < -0.39 is 11.2 Å². The maximum Gasteiger partial charge on any atom is 0.332 e. The Morgan fingerprint density at radius 2 is 1.90 bits per heavy atom. The minimum absolute atomic E-state index is 0.119. The Bertz CT molecular complexity index is 751. The highest BCUT2D eigenvalue weighted by atomic mass is 16.5. The zero-order chi connectivity index (χ0) is 15.6. The summed E-state index contributed by atoms with van der Waals surface area (Å²) in [6.07, 6.45) is 1.48. The molecule has 0 bridgehead atoms. The number of aromatic amines is 1. The molecule has 0 radical (unpaired) electrons. The fourth-order valence-electron chi connectivity index (χ4n) is 2.16. The van der Waals surface area contributed by atoms with Gasteiger partial charge in [0.05, 0.1) is 12.3 Å². The van der Waals surface area contributed by atoms with Crippen LogP contribution in [-0.4, -0.2) is 16.2 Å². The lowest BCUT2D eigenvalue weighted by molar-refractivity contribution is 0.330. The molecule has 5 heteroatoms. The van der Waals surface area contributed by atoms with Crippen LogP contribution in [0.1, 0.15) is 33.3 Å². The summed E-state index contributed by atoms with van der Waals surface area (Å²) in [5.41, 5.74) is 0.737. The molecule has 2 aromatic rings. The lowest BCUT2D eigenvalue weighted by Crippen LogP contribution is -2.27. The van der Waals surface area contributed by atoms with Crippen molar-refractivity contribution in [3.63, 3.8) is 0 Å². The molecule has 0 aliphatic rings. The van der Waals surface area contributed by atoms with Crippen LogP contribution in [0.15, 0.2) is 40.1 Å². The number of benzene rings is 1. The van der Waals surface area contributed by atoms with Gasteiger partial charge in [-0.3, -0.25) is 14.3 Å². The van der Waals surface area contributed by atoms with E-state index in [0.717, 1.165) is 11.3 Å². The quantitative estimate of drug-likeness (QED) is 0.942. The molecule has 21 heavy (non-hydrogen) atoms. The fraction of sp³-hybridized carbons (Fsp3) is 0.375. The average molecular weight is 288 g/mol. The van der Waals surface area contributed by atoms with Gasteiger partial charge in [-0.15, -0.1) is 0 Å². The molecule has 1 aromatic heterocycles. The van der Waals surface area contributed by atoms with Crippen molar-refractivity contribution >= 4 is 0 Å². The van der Waals surface area contributed by atoms with Gasteiger partial charge >= 0.3 is 5.69 Å². The van der Waals surface area contributed by atoms with Gasteiger partial charge in [-0.2, -0.15) is 0 Å². The van der Waals surface area contributed by atoms with Gasteiger partial charge in [-0.25, -0.2) is 4.79 Å². The average Bonchev–Trinajstić information content (AvgIpc) is 2.38. The third-order valence-electron chi connectivity index (χ3n) is 3.17. The second-order valence-electron chi connectivity index (χ2n) is 5.84. The molecule has 1 aromatic carbocycles. The van der Waals surface area contributed by atoms with Gasteiger partial charge in [0.1, 0.15) is 5.75 Å². The minimum Gasteiger partial charge on any atom is -0.494 e. The molecule has 0 aliphatic carbocycles. The van der Waals surface area contributed by atoms with Crippen LogP contribution in [0.4, 0.5) is 0 Å². The highest BCUT2D eigenvalue weighted by molar-refractivity contribution is 5.47. The first-order valence-electron chi connectivity index (χ1n) is 6.92. The summed E-state index contributed by atoms with van der Waals surface area (Å²) in [5, 5.41) is 0. The monoisotopic (exact) mass is 288 g/mol. The largest absolute Gasteiger partial charge is 0.494 e. The van der Waals surface area contributed by atoms with Crippen molar-refractivity contribution in [1.82, 2.24) is 9.55 Å². The van der Waals surface area contributed by atoms with Crippen molar-refractivity contribution in [2.75, 3.05) is 6.61 Å². The molecule has 2 rings (SSSR count). The molecule has 1 N–H and O–H groups in total. The number of H-pyrrole nitrogens is 1. The summed E-state index contributed by atoms with van der Waals surface area (Å²) in [5.74, 6) is 0.811. The normalized spacial score (nSPS) is 11.4.